The molecule has 2 amide bonds. The van der Waals surface area contributed by atoms with Gasteiger partial charge in [0.15, 0.2) is 0 Å². The van der Waals surface area contributed by atoms with Gasteiger partial charge in [-0.15, -0.1) is 0 Å². The fourth-order valence-corrected chi connectivity index (χ4v) is 2.85. The summed E-state index contributed by atoms with van der Waals surface area (Å²) in [5.41, 5.74) is 0.605. The molecule has 2 aromatic rings. The first kappa shape index (κ1) is 17.7. The second-order valence-electron chi connectivity index (χ2n) is 5.91. The van der Waals surface area contributed by atoms with Crippen molar-refractivity contribution in [2.75, 3.05) is 5.32 Å². The van der Waals surface area contributed by atoms with Crippen LogP contribution in [0.5, 0.6) is 0 Å². The summed E-state index contributed by atoms with van der Waals surface area (Å²) < 4.78 is 38.4. The normalized spacial score (nSPS) is 15.0. The van der Waals surface area contributed by atoms with Gasteiger partial charge < -0.3 is 5.32 Å². The molecule has 1 atom stereocenters. The lowest BCUT2D eigenvalue weighted by molar-refractivity contribution is -0.137. The van der Waals surface area contributed by atoms with Crippen molar-refractivity contribution in [3.05, 3.63) is 71.8 Å². The predicted octanol–water partition coefficient (Wildman–Crippen LogP) is 4.16. The number of fused-ring (bicyclic) bond motifs is 1. The minimum absolute atomic E-state index is 0.00597. The summed E-state index contributed by atoms with van der Waals surface area (Å²) in [6, 6.07) is 10.2. The number of rotatable bonds is 3. The number of nitrogens with zero attached hydrogens (tertiary/aromatic N) is 1. The average molecular weight is 360 g/mol. The first-order valence-corrected chi connectivity index (χ1v) is 7.80. The molecular weight excluding hydrogens is 345 g/mol. The molecular formula is C19H15F3N2O2. The van der Waals surface area contributed by atoms with E-state index in [1.54, 1.807) is 24.3 Å². The van der Waals surface area contributed by atoms with Crippen LogP contribution in [0.15, 0.2) is 55.1 Å². The van der Waals surface area contributed by atoms with Gasteiger partial charge in [0.1, 0.15) is 6.04 Å². The van der Waals surface area contributed by atoms with E-state index in [-0.39, 0.29) is 11.6 Å². The number of amides is 2. The number of hydrogen-bond acceptors (Lipinski definition) is 2. The Kier molecular flexibility index (Phi) is 4.31. The standard InChI is InChI=1S/C19H15F3N2O2/c1-11-15-8-3-4-9-16(15)18(26)24(11)12(2)17(25)23-14-7-5-6-13(10-14)19(20,21)22/h3-10,12H,1H2,2H3,(H,23,25). The van der Waals surface area contributed by atoms with E-state index < -0.39 is 23.7 Å². The maximum absolute atomic E-state index is 12.8. The number of halogens is 3. The molecule has 0 saturated carbocycles. The van der Waals surface area contributed by atoms with E-state index in [2.05, 4.69) is 11.9 Å². The smallest absolute Gasteiger partial charge is 0.324 e. The topological polar surface area (TPSA) is 49.4 Å². The van der Waals surface area contributed by atoms with Crippen LogP contribution in [-0.4, -0.2) is 22.8 Å². The minimum Gasteiger partial charge on any atom is -0.324 e. The van der Waals surface area contributed by atoms with Gasteiger partial charge in [-0.25, -0.2) is 0 Å². The van der Waals surface area contributed by atoms with Crippen molar-refractivity contribution < 1.29 is 22.8 Å². The van der Waals surface area contributed by atoms with Crippen LogP contribution in [-0.2, 0) is 11.0 Å². The third kappa shape index (κ3) is 3.08. The van der Waals surface area contributed by atoms with Gasteiger partial charge in [-0.05, 0) is 31.2 Å². The molecule has 0 fully saturated rings. The lowest BCUT2D eigenvalue weighted by Gasteiger charge is -2.24. The second kappa shape index (κ2) is 6.33. The lowest BCUT2D eigenvalue weighted by Crippen LogP contribution is -2.41. The Balaban J connectivity index is 1.80. The van der Waals surface area contributed by atoms with E-state index >= 15 is 0 Å². The molecule has 4 nitrogen and oxygen atoms in total. The molecule has 0 spiro atoms. The molecule has 1 heterocycles. The van der Waals surface area contributed by atoms with Gasteiger partial charge in [-0.2, -0.15) is 13.2 Å². The van der Waals surface area contributed by atoms with Gasteiger partial charge in [0.05, 0.1) is 5.56 Å². The van der Waals surface area contributed by atoms with Crippen molar-refractivity contribution >= 4 is 23.2 Å². The molecule has 7 heteroatoms. The summed E-state index contributed by atoms with van der Waals surface area (Å²) in [6.07, 6.45) is -4.51. The Morgan fingerprint density at radius 3 is 2.38 bits per heavy atom. The Bertz CT molecular complexity index is 871. The van der Waals surface area contributed by atoms with E-state index in [0.29, 0.717) is 16.8 Å². The lowest BCUT2D eigenvalue weighted by atomic mass is 10.1. The zero-order chi connectivity index (χ0) is 19.1. The van der Waals surface area contributed by atoms with E-state index in [0.717, 1.165) is 12.1 Å². The molecule has 26 heavy (non-hydrogen) atoms. The summed E-state index contributed by atoms with van der Waals surface area (Å²) in [4.78, 5) is 26.2. The molecule has 0 radical (unpaired) electrons. The maximum atomic E-state index is 12.8. The van der Waals surface area contributed by atoms with Crippen molar-refractivity contribution in [2.24, 2.45) is 0 Å². The Labute approximate surface area is 147 Å². The van der Waals surface area contributed by atoms with Crippen LogP contribution < -0.4 is 5.32 Å². The molecule has 3 rings (SSSR count). The summed E-state index contributed by atoms with van der Waals surface area (Å²) >= 11 is 0. The average Bonchev–Trinajstić information content (AvgIpc) is 2.85. The number of alkyl halides is 3. The molecule has 0 aromatic heterocycles. The fourth-order valence-electron chi connectivity index (χ4n) is 2.85. The second-order valence-corrected chi connectivity index (χ2v) is 5.91. The zero-order valence-corrected chi connectivity index (χ0v) is 13.8. The van der Waals surface area contributed by atoms with E-state index in [1.165, 1.54) is 24.0 Å². The van der Waals surface area contributed by atoms with Gasteiger partial charge in [-0.3, -0.25) is 14.5 Å². The summed E-state index contributed by atoms with van der Waals surface area (Å²) in [5, 5.41) is 2.43. The SMILES string of the molecule is C=C1c2ccccc2C(=O)N1C(C)C(=O)Nc1cccc(C(F)(F)F)c1. The maximum Gasteiger partial charge on any atom is 0.416 e. The summed E-state index contributed by atoms with van der Waals surface area (Å²) in [6.45, 7) is 5.36. The van der Waals surface area contributed by atoms with Crippen molar-refractivity contribution in [2.45, 2.75) is 19.1 Å². The number of nitrogens with one attached hydrogen (secondary N) is 1. The largest absolute Gasteiger partial charge is 0.416 e. The Hall–Kier alpha value is -3.09. The highest BCUT2D eigenvalue weighted by atomic mass is 19.4. The first-order valence-electron chi connectivity index (χ1n) is 7.80. The Morgan fingerprint density at radius 2 is 1.77 bits per heavy atom. The summed E-state index contributed by atoms with van der Waals surface area (Å²) in [5.74, 6) is -0.969. The molecule has 0 aliphatic carbocycles. The molecule has 1 aliphatic heterocycles. The zero-order valence-electron chi connectivity index (χ0n) is 13.8. The minimum atomic E-state index is -4.51. The summed E-state index contributed by atoms with van der Waals surface area (Å²) in [7, 11) is 0. The van der Waals surface area contributed by atoms with Crippen molar-refractivity contribution in [3.63, 3.8) is 0 Å². The monoisotopic (exact) mass is 360 g/mol. The van der Waals surface area contributed by atoms with Gasteiger partial charge >= 0.3 is 6.18 Å². The van der Waals surface area contributed by atoms with Crippen molar-refractivity contribution in [1.82, 2.24) is 4.90 Å². The highest BCUT2D eigenvalue weighted by Gasteiger charge is 2.37. The molecule has 1 N–H and O–H groups in total. The molecule has 0 bridgehead atoms. The van der Waals surface area contributed by atoms with Gasteiger partial charge in [0, 0.05) is 22.5 Å². The van der Waals surface area contributed by atoms with E-state index in [1.807, 2.05) is 0 Å². The van der Waals surface area contributed by atoms with Gasteiger partial charge in [0.25, 0.3) is 5.91 Å². The third-order valence-corrected chi connectivity index (χ3v) is 4.20. The van der Waals surface area contributed by atoms with Crippen LogP contribution in [0, 0.1) is 0 Å². The number of carbonyl (C=O) groups excluding carboxylic acids is 2. The van der Waals surface area contributed by atoms with E-state index in [9.17, 15) is 22.8 Å². The van der Waals surface area contributed by atoms with Crippen LogP contribution >= 0.6 is 0 Å². The fraction of sp³-hybridized carbons (Fsp3) is 0.158. The van der Waals surface area contributed by atoms with Crippen molar-refractivity contribution in [1.29, 1.82) is 0 Å². The predicted molar refractivity (Wildman–Crippen MR) is 91.2 cm³/mol. The van der Waals surface area contributed by atoms with Gasteiger partial charge in [-0.1, -0.05) is 30.8 Å². The van der Waals surface area contributed by atoms with Crippen LogP contribution in [0.3, 0.4) is 0 Å². The van der Waals surface area contributed by atoms with Crippen LogP contribution in [0.1, 0.15) is 28.4 Å². The number of hydrogen-bond donors (Lipinski definition) is 1. The third-order valence-electron chi connectivity index (χ3n) is 4.20. The number of anilines is 1. The van der Waals surface area contributed by atoms with Crippen LogP contribution in [0.25, 0.3) is 5.70 Å². The quantitative estimate of drug-likeness (QED) is 0.894. The molecule has 134 valence electrons. The van der Waals surface area contributed by atoms with Crippen molar-refractivity contribution in [3.8, 4) is 0 Å². The highest BCUT2D eigenvalue weighted by molar-refractivity contribution is 6.11. The molecule has 1 unspecified atom stereocenters. The number of benzene rings is 2. The molecule has 0 saturated heterocycles. The number of carbonyl (C=O) groups is 2. The van der Waals surface area contributed by atoms with E-state index in [4.69, 9.17) is 0 Å². The highest BCUT2D eigenvalue weighted by Crippen LogP contribution is 2.34. The van der Waals surface area contributed by atoms with Crippen LogP contribution in [0.4, 0.5) is 18.9 Å². The van der Waals surface area contributed by atoms with Crippen LogP contribution in [0.2, 0.25) is 0 Å². The first-order chi connectivity index (χ1) is 12.2. The Morgan fingerprint density at radius 1 is 1.12 bits per heavy atom. The molecule has 2 aromatic carbocycles. The molecule has 1 aliphatic rings. The van der Waals surface area contributed by atoms with Gasteiger partial charge in [0.2, 0.25) is 5.91 Å².